The third-order valence-corrected chi connectivity index (χ3v) is 13.6. The molecule has 2 atom stereocenters. The van der Waals surface area contributed by atoms with E-state index in [4.69, 9.17) is 18.5 Å². The van der Waals surface area contributed by atoms with E-state index in [0.29, 0.717) is 24.1 Å². The lowest BCUT2D eigenvalue weighted by Crippen LogP contribution is -2.37. The van der Waals surface area contributed by atoms with Gasteiger partial charge < -0.3 is 27.9 Å². The van der Waals surface area contributed by atoms with Gasteiger partial charge in [0.1, 0.15) is 19.3 Å². The zero-order valence-corrected chi connectivity index (χ0v) is 46.5. The quantitative estimate of drug-likeness (QED) is 0.0197. The van der Waals surface area contributed by atoms with Crippen molar-refractivity contribution in [2.24, 2.45) is 0 Å². The number of phosphoric acid groups is 1. The number of unbranched alkanes of at least 4 members (excludes halogenated alkanes) is 32. The predicted octanol–water partition coefficient (Wildman–Crippen LogP) is 17.6. The number of hydrogen-bond acceptors (Lipinski definition) is 7. The van der Waals surface area contributed by atoms with Gasteiger partial charge in [-0.15, -0.1) is 0 Å². The van der Waals surface area contributed by atoms with Gasteiger partial charge >= 0.3 is 5.97 Å². The van der Waals surface area contributed by atoms with E-state index in [1.807, 2.05) is 21.1 Å². The lowest BCUT2D eigenvalue weighted by molar-refractivity contribution is -0.870. The van der Waals surface area contributed by atoms with Crippen molar-refractivity contribution in [1.82, 2.24) is 0 Å². The Morgan fingerprint density at radius 3 is 1.28 bits per heavy atom. The number of phosphoric ester groups is 1. The third-order valence-electron chi connectivity index (χ3n) is 12.6. The maximum absolute atomic E-state index is 12.8. The molecule has 0 rings (SSSR count). The Morgan fingerprint density at radius 2 is 0.853 bits per heavy atom. The van der Waals surface area contributed by atoms with E-state index in [1.165, 1.54) is 180 Å². The van der Waals surface area contributed by atoms with Crippen LogP contribution in [0, 0.1) is 0 Å². The van der Waals surface area contributed by atoms with Crippen LogP contribution in [-0.4, -0.2) is 70.7 Å². The van der Waals surface area contributed by atoms with Gasteiger partial charge in [0.25, 0.3) is 7.82 Å². The summed E-state index contributed by atoms with van der Waals surface area (Å²) < 4.78 is 34.9. The summed E-state index contributed by atoms with van der Waals surface area (Å²) >= 11 is 0. The number of esters is 1. The zero-order valence-electron chi connectivity index (χ0n) is 45.6. The third kappa shape index (κ3) is 55.4. The van der Waals surface area contributed by atoms with Gasteiger partial charge in [-0.2, -0.15) is 0 Å². The Hall–Kier alpha value is -1.54. The second-order valence-corrected chi connectivity index (χ2v) is 22.0. The summed E-state index contributed by atoms with van der Waals surface area (Å²) in [4.78, 5) is 25.3. The SMILES string of the molecule is CC/C=C\C/C=C\C/C=C\C/C=C\CCCCCCCCCCC(=O)OC(COCCCCCCCCCCCCCCCCCCCCCCCCCCC)COP(=O)([O-])OCC[N+](C)(C)C. The summed E-state index contributed by atoms with van der Waals surface area (Å²) in [5, 5.41) is 0. The van der Waals surface area contributed by atoms with E-state index in [-0.39, 0.29) is 25.8 Å². The highest BCUT2D eigenvalue weighted by molar-refractivity contribution is 7.45. The molecular weight excluding hydrogens is 866 g/mol. The highest BCUT2D eigenvalue weighted by Gasteiger charge is 2.20. The standard InChI is InChI=1S/C59H112NO7P/c1-6-8-10-12-14-16-18-20-22-24-26-28-29-30-31-33-35-37-39-41-43-45-47-49-51-54-64-56-58(57-66-68(62,63)65-55-53-60(3,4)5)67-59(61)52-50-48-46-44-42-40-38-36-34-32-27-25-23-21-19-17-15-13-11-9-7-2/h9,11,15,17,21,23,27,32,58H,6-8,10,12-14,16,18-20,22,24-26,28-31,33-57H2,1-5H3/b11-9-,17-15-,23-21-,32-27-. The molecule has 2 unspecified atom stereocenters. The van der Waals surface area contributed by atoms with Crippen molar-refractivity contribution in [2.75, 3.05) is 54.1 Å². The number of quaternary nitrogens is 1. The molecule has 0 heterocycles. The molecule has 0 aliphatic rings. The molecule has 0 N–H and O–H groups in total. The van der Waals surface area contributed by atoms with Gasteiger partial charge in [0.05, 0.1) is 34.4 Å². The van der Waals surface area contributed by atoms with Gasteiger partial charge in [-0.05, 0) is 51.4 Å². The largest absolute Gasteiger partial charge is 0.756 e. The predicted molar refractivity (Wildman–Crippen MR) is 291 cm³/mol. The Labute approximate surface area is 422 Å². The molecule has 8 nitrogen and oxygen atoms in total. The Morgan fingerprint density at radius 1 is 0.471 bits per heavy atom. The highest BCUT2D eigenvalue weighted by Crippen LogP contribution is 2.38. The molecule has 0 radical (unpaired) electrons. The molecule has 0 aliphatic carbocycles. The van der Waals surface area contributed by atoms with Gasteiger partial charge in [0, 0.05) is 13.0 Å². The fourth-order valence-corrected chi connectivity index (χ4v) is 8.98. The van der Waals surface area contributed by atoms with Crippen LogP contribution in [0.25, 0.3) is 0 Å². The summed E-state index contributed by atoms with van der Waals surface area (Å²) in [6.07, 6.45) is 65.8. The molecule has 0 saturated carbocycles. The van der Waals surface area contributed by atoms with E-state index in [1.54, 1.807) is 0 Å². The van der Waals surface area contributed by atoms with Crippen LogP contribution < -0.4 is 4.89 Å². The fourth-order valence-electron chi connectivity index (χ4n) is 8.25. The first-order chi connectivity index (χ1) is 33.1. The maximum atomic E-state index is 12.8. The van der Waals surface area contributed by atoms with E-state index in [9.17, 15) is 14.3 Å². The van der Waals surface area contributed by atoms with Gasteiger partial charge in [0.15, 0.2) is 0 Å². The molecule has 0 spiro atoms. The zero-order chi connectivity index (χ0) is 49.8. The number of carbonyl (C=O) groups is 1. The van der Waals surface area contributed by atoms with Crippen molar-refractivity contribution in [3.8, 4) is 0 Å². The Balaban J connectivity index is 4.05. The summed E-state index contributed by atoms with van der Waals surface area (Å²) in [6, 6.07) is 0. The van der Waals surface area contributed by atoms with Gasteiger partial charge in [-0.25, -0.2) is 0 Å². The number of ether oxygens (including phenoxy) is 2. The second-order valence-electron chi connectivity index (χ2n) is 20.6. The van der Waals surface area contributed by atoms with Crippen LogP contribution in [0.5, 0.6) is 0 Å². The average molecular weight is 979 g/mol. The second kappa shape index (κ2) is 51.8. The van der Waals surface area contributed by atoms with Crippen molar-refractivity contribution >= 4 is 13.8 Å². The minimum absolute atomic E-state index is 0.0247. The highest BCUT2D eigenvalue weighted by atomic mass is 31.2. The summed E-state index contributed by atoms with van der Waals surface area (Å²) in [7, 11) is 1.36. The normalized spacial score (nSPS) is 13.8. The molecule has 0 aromatic heterocycles. The number of carbonyl (C=O) groups excluding carboxylic acids is 1. The smallest absolute Gasteiger partial charge is 0.306 e. The van der Waals surface area contributed by atoms with Crippen LogP contribution in [0.1, 0.15) is 264 Å². The average Bonchev–Trinajstić information content (AvgIpc) is 3.30. The first kappa shape index (κ1) is 66.5. The molecular formula is C59H112NO7P. The molecule has 0 bridgehead atoms. The van der Waals surface area contributed by atoms with Gasteiger partial charge in [-0.1, -0.05) is 255 Å². The fraction of sp³-hybridized carbons (Fsp3) is 0.847. The van der Waals surface area contributed by atoms with Crippen molar-refractivity contribution in [3.05, 3.63) is 48.6 Å². The minimum atomic E-state index is -4.54. The first-order valence-electron chi connectivity index (χ1n) is 28.9. The van der Waals surface area contributed by atoms with Gasteiger partial charge in [-0.3, -0.25) is 9.36 Å². The van der Waals surface area contributed by atoms with Crippen LogP contribution in [0.3, 0.4) is 0 Å². The summed E-state index contributed by atoms with van der Waals surface area (Å²) in [5.41, 5.74) is 0. The van der Waals surface area contributed by atoms with Crippen LogP contribution in [0.4, 0.5) is 0 Å². The van der Waals surface area contributed by atoms with Crippen LogP contribution in [0.15, 0.2) is 48.6 Å². The molecule has 0 aromatic carbocycles. The van der Waals surface area contributed by atoms with Crippen molar-refractivity contribution < 1.29 is 37.3 Å². The van der Waals surface area contributed by atoms with E-state index >= 15 is 0 Å². The Kier molecular flexibility index (Phi) is 50.6. The number of hydrogen-bond donors (Lipinski definition) is 0. The monoisotopic (exact) mass is 978 g/mol. The van der Waals surface area contributed by atoms with Crippen molar-refractivity contribution in [1.29, 1.82) is 0 Å². The van der Waals surface area contributed by atoms with Crippen LogP contribution in [0.2, 0.25) is 0 Å². The molecule has 0 saturated heterocycles. The molecule has 0 amide bonds. The van der Waals surface area contributed by atoms with Crippen LogP contribution in [-0.2, 0) is 27.9 Å². The number of nitrogens with zero attached hydrogens (tertiary/aromatic N) is 1. The maximum Gasteiger partial charge on any atom is 0.306 e. The topological polar surface area (TPSA) is 94.1 Å². The summed E-state index contributed by atoms with van der Waals surface area (Å²) in [5.74, 6) is -0.338. The van der Waals surface area contributed by atoms with Gasteiger partial charge in [0.2, 0.25) is 0 Å². The molecule has 9 heteroatoms. The molecule has 0 aromatic rings. The number of rotatable bonds is 54. The van der Waals surface area contributed by atoms with Crippen molar-refractivity contribution in [3.63, 3.8) is 0 Å². The lowest BCUT2D eigenvalue weighted by Gasteiger charge is -2.28. The lowest BCUT2D eigenvalue weighted by atomic mass is 10.0. The molecule has 68 heavy (non-hydrogen) atoms. The molecule has 0 fully saturated rings. The van der Waals surface area contributed by atoms with E-state index < -0.39 is 13.9 Å². The van der Waals surface area contributed by atoms with Crippen molar-refractivity contribution in [2.45, 2.75) is 270 Å². The van der Waals surface area contributed by atoms with E-state index in [0.717, 1.165) is 64.2 Å². The Bertz CT molecular complexity index is 1230. The number of likely N-dealkylation sites (N-methyl/N-ethyl adjacent to an activating group) is 1. The molecule has 400 valence electrons. The van der Waals surface area contributed by atoms with E-state index in [2.05, 4.69) is 62.5 Å². The molecule has 0 aliphatic heterocycles. The first-order valence-corrected chi connectivity index (χ1v) is 30.3. The number of allylic oxidation sites excluding steroid dienone is 8. The minimum Gasteiger partial charge on any atom is -0.756 e. The van der Waals surface area contributed by atoms with Crippen LogP contribution >= 0.6 is 7.82 Å². The summed E-state index contributed by atoms with van der Waals surface area (Å²) in [6.45, 7) is 5.34.